The lowest BCUT2D eigenvalue weighted by Gasteiger charge is -2.11. The van der Waals surface area contributed by atoms with Crippen molar-refractivity contribution in [1.29, 1.82) is 0 Å². The van der Waals surface area contributed by atoms with Crippen molar-refractivity contribution < 1.29 is 0 Å². The van der Waals surface area contributed by atoms with E-state index in [1.54, 1.807) is 0 Å². The lowest BCUT2D eigenvalue weighted by molar-refractivity contribution is 0.398. The zero-order chi connectivity index (χ0) is 9.97. The molecule has 0 spiro atoms. The monoisotopic (exact) mass is 274 g/mol. The first-order valence-corrected chi connectivity index (χ1v) is 6.56. The van der Waals surface area contributed by atoms with Gasteiger partial charge in [-0.1, -0.05) is 0 Å². The number of likely N-dealkylation sites (N-methyl/N-ethyl adjacent to an activating group) is 1. The van der Waals surface area contributed by atoms with Gasteiger partial charge in [0.25, 0.3) is 0 Å². The van der Waals surface area contributed by atoms with Crippen molar-refractivity contribution in [1.82, 2.24) is 10.2 Å². The molecule has 0 aliphatic carbocycles. The number of hydrogen-bond acceptors (Lipinski definition) is 3. The van der Waals surface area contributed by atoms with Crippen LogP contribution in [-0.2, 0) is 6.54 Å². The van der Waals surface area contributed by atoms with Gasteiger partial charge >= 0.3 is 0 Å². The SMILES string of the molecule is CN1CC[C@@H](NCc2cc(Br)cs2)C1. The Morgan fingerprint density at radius 1 is 1.71 bits per heavy atom. The molecule has 2 nitrogen and oxygen atoms in total. The number of likely N-dealkylation sites (tertiary alicyclic amines) is 1. The summed E-state index contributed by atoms with van der Waals surface area (Å²) in [6.45, 7) is 3.42. The second-order valence-corrected chi connectivity index (χ2v) is 5.77. The van der Waals surface area contributed by atoms with Crippen LogP contribution in [0.15, 0.2) is 15.9 Å². The van der Waals surface area contributed by atoms with Crippen LogP contribution in [0.25, 0.3) is 0 Å². The summed E-state index contributed by atoms with van der Waals surface area (Å²) >= 11 is 5.28. The Morgan fingerprint density at radius 3 is 3.14 bits per heavy atom. The summed E-state index contributed by atoms with van der Waals surface area (Å²) in [6, 6.07) is 2.87. The minimum absolute atomic E-state index is 0.681. The zero-order valence-electron chi connectivity index (χ0n) is 8.29. The standard InChI is InChI=1S/C10H15BrN2S/c1-13-3-2-9(6-13)12-5-10-4-8(11)7-14-10/h4,7,9,12H,2-3,5-6H2,1H3/t9-/m1/s1. The van der Waals surface area contributed by atoms with E-state index in [0.717, 1.165) is 6.54 Å². The number of nitrogens with zero attached hydrogens (tertiary/aromatic N) is 1. The average Bonchev–Trinajstić information content (AvgIpc) is 2.72. The molecule has 1 N–H and O–H groups in total. The molecule has 0 radical (unpaired) electrons. The second kappa shape index (κ2) is 4.75. The van der Waals surface area contributed by atoms with Crippen molar-refractivity contribution in [3.63, 3.8) is 0 Å². The van der Waals surface area contributed by atoms with Gasteiger partial charge in [-0.3, -0.25) is 0 Å². The molecule has 78 valence electrons. The molecular formula is C10H15BrN2S. The van der Waals surface area contributed by atoms with Crippen LogP contribution in [0.3, 0.4) is 0 Å². The van der Waals surface area contributed by atoms with Gasteiger partial charge in [-0.05, 0) is 42.0 Å². The Kier molecular flexibility index (Phi) is 3.60. The highest BCUT2D eigenvalue weighted by atomic mass is 79.9. The Hall–Kier alpha value is 0.1000. The van der Waals surface area contributed by atoms with Gasteiger partial charge in [-0.2, -0.15) is 0 Å². The molecule has 1 atom stereocenters. The van der Waals surface area contributed by atoms with Crippen molar-refractivity contribution in [2.75, 3.05) is 20.1 Å². The van der Waals surface area contributed by atoms with Crippen molar-refractivity contribution in [2.24, 2.45) is 0 Å². The van der Waals surface area contributed by atoms with Crippen LogP contribution >= 0.6 is 27.3 Å². The molecule has 4 heteroatoms. The van der Waals surface area contributed by atoms with Crippen molar-refractivity contribution in [2.45, 2.75) is 19.0 Å². The molecule has 0 saturated carbocycles. The van der Waals surface area contributed by atoms with E-state index < -0.39 is 0 Å². The predicted octanol–water partition coefficient (Wildman–Crippen LogP) is 2.30. The summed E-state index contributed by atoms with van der Waals surface area (Å²) in [5.41, 5.74) is 0. The van der Waals surface area contributed by atoms with E-state index in [9.17, 15) is 0 Å². The Labute approximate surface area is 97.4 Å². The molecule has 0 unspecified atom stereocenters. The average molecular weight is 275 g/mol. The van der Waals surface area contributed by atoms with E-state index in [2.05, 4.69) is 44.6 Å². The zero-order valence-corrected chi connectivity index (χ0v) is 10.7. The molecule has 1 aliphatic heterocycles. The van der Waals surface area contributed by atoms with Gasteiger partial charge in [0.15, 0.2) is 0 Å². The van der Waals surface area contributed by atoms with E-state index in [1.165, 1.54) is 28.9 Å². The molecule has 1 aromatic heterocycles. The maximum atomic E-state index is 3.59. The number of halogens is 1. The van der Waals surface area contributed by atoms with E-state index in [0.29, 0.717) is 6.04 Å². The summed E-state index contributed by atoms with van der Waals surface area (Å²) in [5, 5.41) is 5.73. The Morgan fingerprint density at radius 2 is 2.57 bits per heavy atom. The van der Waals surface area contributed by atoms with Gasteiger partial charge in [0.2, 0.25) is 0 Å². The van der Waals surface area contributed by atoms with Crippen LogP contribution in [0, 0.1) is 0 Å². The molecule has 0 aromatic carbocycles. The molecule has 14 heavy (non-hydrogen) atoms. The lowest BCUT2D eigenvalue weighted by atomic mass is 10.2. The van der Waals surface area contributed by atoms with Crippen LogP contribution in [-0.4, -0.2) is 31.1 Å². The summed E-state index contributed by atoms with van der Waals surface area (Å²) in [6.07, 6.45) is 1.28. The van der Waals surface area contributed by atoms with Crippen molar-refractivity contribution in [3.05, 3.63) is 20.8 Å². The van der Waals surface area contributed by atoms with Gasteiger partial charge in [0.1, 0.15) is 0 Å². The van der Waals surface area contributed by atoms with E-state index in [4.69, 9.17) is 0 Å². The van der Waals surface area contributed by atoms with Crippen molar-refractivity contribution >= 4 is 27.3 Å². The fraction of sp³-hybridized carbons (Fsp3) is 0.600. The number of hydrogen-bond donors (Lipinski definition) is 1. The summed E-state index contributed by atoms with van der Waals surface area (Å²) in [5.74, 6) is 0. The minimum Gasteiger partial charge on any atom is -0.308 e. The quantitative estimate of drug-likeness (QED) is 0.910. The molecule has 1 fully saturated rings. The first-order valence-electron chi connectivity index (χ1n) is 4.89. The topological polar surface area (TPSA) is 15.3 Å². The highest BCUT2D eigenvalue weighted by molar-refractivity contribution is 9.10. The first-order chi connectivity index (χ1) is 6.74. The van der Waals surface area contributed by atoms with Crippen LogP contribution in [0.1, 0.15) is 11.3 Å². The first kappa shape index (κ1) is 10.6. The largest absolute Gasteiger partial charge is 0.308 e. The minimum atomic E-state index is 0.681. The third-order valence-corrected chi connectivity index (χ3v) is 4.28. The third-order valence-electron chi connectivity index (χ3n) is 2.58. The van der Waals surface area contributed by atoms with Crippen LogP contribution < -0.4 is 5.32 Å². The maximum Gasteiger partial charge on any atom is 0.0303 e. The van der Waals surface area contributed by atoms with Gasteiger partial charge in [0.05, 0.1) is 0 Å². The second-order valence-electron chi connectivity index (χ2n) is 3.86. The maximum absolute atomic E-state index is 3.59. The van der Waals surface area contributed by atoms with Crippen LogP contribution in [0.5, 0.6) is 0 Å². The molecule has 1 aliphatic rings. The number of rotatable bonds is 3. The number of thiophene rings is 1. The molecule has 1 saturated heterocycles. The van der Waals surface area contributed by atoms with E-state index in [-0.39, 0.29) is 0 Å². The van der Waals surface area contributed by atoms with Gasteiger partial charge in [0, 0.05) is 33.9 Å². The summed E-state index contributed by atoms with van der Waals surface area (Å²) < 4.78 is 1.20. The highest BCUT2D eigenvalue weighted by Crippen LogP contribution is 2.19. The third kappa shape index (κ3) is 2.79. The normalized spacial score (nSPS) is 23.1. The van der Waals surface area contributed by atoms with E-state index >= 15 is 0 Å². The van der Waals surface area contributed by atoms with E-state index in [1.807, 2.05) is 11.3 Å². The molecule has 0 amide bonds. The smallest absolute Gasteiger partial charge is 0.0303 e. The van der Waals surface area contributed by atoms with Crippen LogP contribution in [0.2, 0.25) is 0 Å². The summed E-state index contributed by atoms with van der Waals surface area (Å²) in [4.78, 5) is 3.79. The van der Waals surface area contributed by atoms with Crippen molar-refractivity contribution in [3.8, 4) is 0 Å². The molecule has 2 heterocycles. The fourth-order valence-electron chi connectivity index (χ4n) is 1.79. The van der Waals surface area contributed by atoms with Gasteiger partial charge in [-0.15, -0.1) is 11.3 Å². The predicted molar refractivity (Wildman–Crippen MR) is 64.8 cm³/mol. The summed E-state index contributed by atoms with van der Waals surface area (Å²) in [7, 11) is 2.18. The fourth-order valence-corrected chi connectivity index (χ4v) is 3.19. The van der Waals surface area contributed by atoms with Gasteiger partial charge < -0.3 is 10.2 Å². The Bertz CT molecular complexity index is 300. The highest BCUT2D eigenvalue weighted by Gasteiger charge is 2.18. The molecule has 0 bridgehead atoms. The Balaban J connectivity index is 1.77. The molecular weight excluding hydrogens is 260 g/mol. The number of nitrogens with one attached hydrogen (secondary N) is 1. The molecule has 1 aromatic rings. The van der Waals surface area contributed by atoms with Crippen LogP contribution in [0.4, 0.5) is 0 Å². The lowest BCUT2D eigenvalue weighted by Crippen LogP contribution is -2.30. The molecule has 2 rings (SSSR count). The van der Waals surface area contributed by atoms with Gasteiger partial charge in [-0.25, -0.2) is 0 Å².